The molecule has 0 aromatic carbocycles. The van der Waals surface area contributed by atoms with Gasteiger partial charge in [0.15, 0.2) is 0 Å². The highest BCUT2D eigenvalue weighted by Gasteiger charge is 2.05. The van der Waals surface area contributed by atoms with E-state index >= 15 is 0 Å². The molecule has 8 heteroatoms. The van der Waals surface area contributed by atoms with Gasteiger partial charge in [0, 0.05) is 35.0 Å². The summed E-state index contributed by atoms with van der Waals surface area (Å²) in [7, 11) is 3.36. The molecule has 0 aliphatic rings. The Morgan fingerprint density at radius 1 is 0.850 bits per heavy atom. The lowest BCUT2D eigenvalue weighted by molar-refractivity contribution is 1.04. The Balaban J connectivity index is 1.84. The van der Waals surface area contributed by atoms with Crippen LogP contribution in [0.2, 0.25) is 0 Å². The van der Waals surface area contributed by atoms with Gasteiger partial charge in [-0.2, -0.15) is 0 Å². The van der Waals surface area contributed by atoms with Crippen molar-refractivity contribution in [3.63, 3.8) is 0 Å². The molecule has 0 unspecified atom stereocenters. The first-order valence-corrected chi connectivity index (χ1v) is 8.45. The molecular formula is C12H16N6S2. The Kier molecular flexibility index (Phi) is 5.02. The van der Waals surface area contributed by atoms with Gasteiger partial charge in [-0.15, -0.1) is 0 Å². The molecule has 0 spiro atoms. The van der Waals surface area contributed by atoms with Crippen molar-refractivity contribution in [2.24, 2.45) is 0 Å². The zero-order valence-electron chi connectivity index (χ0n) is 11.3. The Morgan fingerprint density at radius 2 is 1.25 bits per heavy atom. The molecular weight excluding hydrogens is 292 g/mol. The molecule has 0 atom stereocenters. The number of hydrogen-bond donors (Lipinski definition) is 2. The van der Waals surface area contributed by atoms with Crippen LogP contribution in [0.25, 0.3) is 0 Å². The fourth-order valence-electron chi connectivity index (χ4n) is 1.46. The normalized spacial score (nSPS) is 10.7. The predicted octanol–water partition coefficient (Wildman–Crippen LogP) is 2.13. The molecule has 2 rings (SSSR count). The molecule has 0 bridgehead atoms. The van der Waals surface area contributed by atoms with E-state index in [4.69, 9.17) is 11.5 Å². The second kappa shape index (κ2) is 6.76. The SMILES string of the molecule is Cc1ncc(CSSCc2cnc(C)nc2N)c(N)n1. The molecule has 2 aromatic rings. The lowest BCUT2D eigenvalue weighted by Gasteiger charge is -2.06. The minimum absolute atomic E-state index is 0.545. The minimum atomic E-state index is 0.545. The molecule has 2 heterocycles. The number of aryl methyl sites for hydroxylation is 2. The lowest BCUT2D eigenvalue weighted by Crippen LogP contribution is -2.00. The van der Waals surface area contributed by atoms with Crippen molar-refractivity contribution in [1.82, 2.24) is 19.9 Å². The van der Waals surface area contributed by atoms with E-state index in [9.17, 15) is 0 Å². The monoisotopic (exact) mass is 308 g/mol. The number of nitrogens with two attached hydrogens (primary N) is 2. The summed E-state index contributed by atoms with van der Waals surface area (Å²) in [5, 5.41) is 0. The van der Waals surface area contributed by atoms with Crippen LogP contribution in [0.5, 0.6) is 0 Å². The predicted molar refractivity (Wildman–Crippen MR) is 85.0 cm³/mol. The van der Waals surface area contributed by atoms with Crippen molar-refractivity contribution < 1.29 is 0 Å². The zero-order valence-corrected chi connectivity index (χ0v) is 13.0. The Hall–Kier alpha value is -1.54. The van der Waals surface area contributed by atoms with Crippen molar-refractivity contribution in [2.45, 2.75) is 25.4 Å². The number of anilines is 2. The van der Waals surface area contributed by atoms with Crippen molar-refractivity contribution in [2.75, 3.05) is 11.5 Å². The molecule has 2 aromatic heterocycles. The summed E-state index contributed by atoms with van der Waals surface area (Å²) in [6, 6.07) is 0. The van der Waals surface area contributed by atoms with Crippen LogP contribution in [-0.2, 0) is 11.5 Å². The topological polar surface area (TPSA) is 104 Å². The summed E-state index contributed by atoms with van der Waals surface area (Å²) in [6.07, 6.45) is 3.54. The maximum atomic E-state index is 5.84. The van der Waals surface area contributed by atoms with E-state index in [1.165, 1.54) is 0 Å². The van der Waals surface area contributed by atoms with Crippen LogP contribution in [0.4, 0.5) is 11.6 Å². The molecule has 106 valence electrons. The summed E-state index contributed by atoms with van der Waals surface area (Å²) >= 11 is 0. The highest BCUT2D eigenvalue weighted by Crippen LogP contribution is 2.31. The molecule has 0 aliphatic heterocycles. The second-order valence-electron chi connectivity index (χ2n) is 4.18. The van der Waals surface area contributed by atoms with Crippen LogP contribution in [0.15, 0.2) is 12.4 Å². The van der Waals surface area contributed by atoms with Gasteiger partial charge in [-0.3, -0.25) is 0 Å². The van der Waals surface area contributed by atoms with Gasteiger partial charge < -0.3 is 11.5 Å². The van der Waals surface area contributed by atoms with E-state index < -0.39 is 0 Å². The minimum Gasteiger partial charge on any atom is -0.383 e. The standard InChI is InChI=1S/C12H16N6S2/c1-7-15-3-9(11(13)17-7)5-19-20-6-10-4-16-8(2)18-12(10)14/h3-4H,5-6H2,1-2H3,(H2,13,15,17)(H2,14,16,18). The summed E-state index contributed by atoms with van der Waals surface area (Å²) in [4.78, 5) is 16.6. The van der Waals surface area contributed by atoms with Crippen molar-refractivity contribution in [3.8, 4) is 0 Å². The highest BCUT2D eigenvalue weighted by molar-refractivity contribution is 8.76. The van der Waals surface area contributed by atoms with E-state index in [-0.39, 0.29) is 0 Å². The molecule has 0 aliphatic carbocycles. The van der Waals surface area contributed by atoms with E-state index in [0.717, 1.165) is 22.6 Å². The maximum absolute atomic E-state index is 5.84. The van der Waals surface area contributed by atoms with E-state index in [1.54, 1.807) is 34.0 Å². The largest absolute Gasteiger partial charge is 0.383 e. The van der Waals surface area contributed by atoms with Crippen LogP contribution in [0, 0.1) is 13.8 Å². The van der Waals surface area contributed by atoms with Crippen LogP contribution in [0.1, 0.15) is 22.8 Å². The molecule has 0 amide bonds. The number of nitrogen functional groups attached to an aromatic ring is 2. The molecule has 0 fully saturated rings. The molecule has 0 saturated carbocycles. The third kappa shape index (κ3) is 3.97. The fourth-order valence-corrected chi connectivity index (χ4v) is 3.58. The quantitative estimate of drug-likeness (QED) is 0.639. The Bertz CT molecular complexity index is 551. The van der Waals surface area contributed by atoms with Crippen LogP contribution >= 0.6 is 21.6 Å². The number of nitrogens with zero attached hydrogens (tertiary/aromatic N) is 4. The van der Waals surface area contributed by atoms with Crippen molar-refractivity contribution in [1.29, 1.82) is 0 Å². The number of aromatic nitrogens is 4. The molecule has 6 nitrogen and oxygen atoms in total. The van der Waals surface area contributed by atoms with Gasteiger partial charge in [0.25, 0.3) is 0 Å². The summed E-state index contributed by atoms with van der Waals surface area (Å²) < 4.78 is 0. The zero-order chi connectivity index (χ0) is 14.5. The number of hydrogen-bond acceptors (Lipinski definition) is 8. The summed E-state index contributed by atoms with van der Waals surface area (Å²) in [6.45, 7) is 3.64. The highest BCUT2D eigenvalue weighted by atomic mass is 33.1. The van der Waals surface area contributed by atoms with Gasteiger partial charge in [0.1, 0.15) is 23.3 Å². The van der Waals surface area contributed by atoms with Crippen LogP contribution < -0.4 is 11.5 Å². The summed E-state index contributed by atoms with van der Waals surface area (Å²) in [5.41, 5.74) is 13.6. The van der Waals surface area contributed by atoms with Gasteiger partial charge in [-0.25, -0.2) is 19.9 Å². The average Bonchev–Trinajstić information content (AvgIpc) is 2.39. The molecule has 0 radical (unpaired) electrons. The van der Waals surface area contributed by atoms with Gasteiger partial charge in [0.2, 0.25) is 0 Å². The van der Waals surface area contributed by atoms with Crippen molar-refractivity contribution in [3.05, 3.63) is 35.2 Å². The van der Waals surface area contributed by atoms with Gasteiger partial charge in [-0.05, 0) is 13.8 Å². The van der Waals surface area contributed by atoms with E-state index in [2.05, 4.69) is 19.9 Å². The van der Waals surface area contributed by atoms with Crippen molar-refractivity contribution >= 4 is 33.2 Å². The van der Waals surface area contributed by atoms with Gasteiger partial charge in [0.05, 0.1) is 0 Å². The van der Waals surface area contributed by atoms with E-state index in [1.807, 2.05) is 13.8 Å². The average molecular weight is 308 g/mol. The first kappa shape index (κ1) is 14.9. The molecule has 20 heavy (non-hydrogen) atoms. The molecule has 0 saturated heterocycles. The fraction of sp³-hybridized carbons (Fsp3) is 0.333. The van der Waals surface area contributed by atoms with E-state index in [0.29, 0.717) is 23.3 Å². The lowest BCUT2D eigenvalue weighted by atomic mass is 10.3. The third-order valence-electron chi connectivity index (χ3n) is 2.55. The first-order valence-electron chi connectivity index (χ1n) is 5.96. The van der Waals surface area contributed by atoms with Gasteiger partial charge >= 0.3 is 0 Å². The third-order valence-corrected chi connectivity index (χ3v) is 4.78. The van der Waals surface area contributed by atoms with Gasteiger partial charge in [-0.1, -0.05) is 21.6 Å². The second-order valence-corrected chi connectivity index (χ2v) is 6.64. The maximum Gasteiger partial charge on any atom is 0.131 e. The Morgan fingerprint density at radius 3 is 1.60 bits per heavy atom. The smallest absolute Gasteiger partial charge is 0.131 e. The number of rotatable bonds is 5. The first-order chi connectivity index (χ1) is 9.56. The molecule has 4 N–H and O–H groups in total. The van der Waals surface area contributed by atoms with Crippen LogP contribution in [-0.4, -0.2) is 19.9 Å². The van der Waals surface area contributed by atoms with Crippen LogP contribution in [0.3, 0.4) is 0 Å². The Labute approximate surface area is 125 Å². The summed E-state index contributed by atoms with van der Waals surface area (Å²) in [5.74, 6) is 3.97.